The molecule has 1 fully saturated rings. The van der Waals surface area contributed by atoms with Gasteiger partial charge in [0.15, 0.2) is 0 Å². The highest BCUT2D eigenvalue weighted by Crippen LogP contribution is 2.33. The van der Waals surface area contributed by atoms with Gasteiger partial charge < -0.3 is 4.42 Å². The summed E-state index contributed by atoms with van der Waals surface area (Å²) >= 11 is 0. The molecule has 0 N–H and O–H groups in total. The van der Waals surface area contributed by atoms with Gasteiger partial charge in [-0.1, -0.05) is 0 Å². The maximum atomic E-state index is 12.2. The van der Waals surface area contributed by atoms with E-state index in [0.717, 1.165) is 0 Å². The smallest absolute Gasteiger partial charge is 0.417 e. The predicted octanol–water partition coefficient (Wildman–Crippen LogP) is 2.32. The SMILES string of the molecule is O=C1CCC(c2nnc(C(F)(F)F)o2)CC1. The van der Waals surface area contributed by atoms with Crippen molar-refractivity contribution in [3.8, 4) is 0 Å². The molecule has 0 aromatic carbocycles. The van der Waals surface area contributed by atoms with Crippen LogP contribution in [0.1, 0.15) is 43.4 Å². The van der Waals surface area contributed by atoms with E-state index in [1.165, 1.54) is 0 Å². The van der Waals surface area contributed by atoms with E-state index < -0.39 is 12.1 Å². The first-order valence-corrected chi connectivity index (χ1v) is 4.89. The molecule has 1 heterocycles. The van der Waals surface area contributed by atoms with Crippen molar-refractivity contribution in [2.45, 2.75) is 37.8 Å². The maximum absolute atomic E-state index is 12.2. The number of hydrogen-bond donors (Lipinski definition) is 0. The second-order valence-electron chi connectivity index (χ2n) is 3.76. The van der Waals surface area contributed by atoms with Gasteiger partial charge in [-0.15, -0.1) is 10.2 Å². The van der Waals surface area contributed by atoms with Crippen LogP contribution in [0.3, 0.4) is 0 Å². The number of aromatic nitrogens is 2. The number of hydrogen-bond acceptors (Lipinski definition) is 4. The van der Waals surface area contributed by atoms with Gasteiger partial charge in [0.1, 0.15) is 5.78 Å². The topological polar surface area (TPSA) is 56.0 Å². The van der Waals surface area contributed by atoms with Crippen LogP contribution < -0.4 is 0 Å². The summed E-state index contributed by atoms with van der Waals surface area (Å²) in [5.41, 5.74) is 0. The molecule has 0 radical (unpaired) electrons. The lowest BCUT2D eigenvalue weighted by Gasteiger charge is -2.16. The van der Waals surface area contributed by atoms with E-state index in [2.05, 4.69) is 14.6 Å². The molecule has 0 amide bonds. The second-order valence-corrected chi connectivity index (χ2v) is 3.76. The fourth-order valence-corrected chi connectivity index (χ4v) is 1.70. The van der Waals surface area contributed by atoms with E-state index in [4.69, 9.17) is 0 Å². The number of alkyl halides is 3. The van der Waals surface area contributed by atoms with Crippen LogP contribution in [-0.2, 0) is 11.0 Å². The summed E-state index contributed by atoms with van der Waals surface area (Å²) in [7, 11) is 0. The highest BCUT2D eigenvalue weighted by molar-refractivity contribution is 5.79. The van der Waals surface area contributed by atoms with Crippen molar-refractivity contribution in [3.63, 3.8) is 0 Å². The van der Waals surface area contributed by atoms with Gasteiger partial charge in [-0.3, -0.25) is 4.79 Å². The number of carbonyl (C=O) groups excluding carboxylic acids is 1. The molecule has 0 spiro atoms. The quantitative estimate of drug-likeness (QED) is 0.748. The molecule has 1 saturated carbocycles. The minimum atomic E-state index is -4.60. The Kier molecular flexibility index (Phi) is 2.69. The van der Waals surface area contributed by atoms with E-state index in [-0.39, 0.29) is 17.6 Å². The van der Waals surface area contributed by atoms with Gasteiger partial charge in [-0.25, -0.2) is 0 Å². The molecular formula is C9H9F3N2O2. The Balaban J connectivity index is 2.10. The van der Waals surface area contributed by atoms with Gasteiger partial charge in [0.05, 0.1) is 0 Å². The fraction of sp³-hybridized carbons (Fsp3) is 0.667. The van der Waals surface area contributed by atoms with Gasteiger partial charge >= 0.3 is 12.1 Å². The van der Waals surface area contributed by atoms with Crippen molar-refractivity contribution in [1.82, 2.24) is 10.2 Å². The summed E-state index contributed by atoms with van der Waals surface area (Å²) in [6.07, 6.45) is -2.89. The lowest BCUT2D eigenvalue weighted by molar-refractivity contribution is -0.157. The lowest BCUT2D eigenvalue weighted by atomic mass is 9.88. The Morgan fingerprint density at radius 1 is 1.19 bits per heavy atom. The zero-order valence-corrected chi connectivity index (χ0v) is 8.25. The third kappa shape index (κ3) is 2.23. The Bertz CT molecular complexity index is 390. The zero-order valence-electron chi connectivity index (χ0n) is 8.25. The largest absolute Gasteiger partial charge is 0.470 e. The first-order valence-electron chi connectivity index (χ1n) is 4.89. The number of carbonyl (C=O) groups is 1. The Morgan fingerprint density at radius 2 is 1.81 bits per heavy atom. The molecule has 1 aromatic rings. The van der Waals surface area contributed by atoms with E-state index in [9.17, 15) is 18.0 Å². The first-order chi connectivity index (χ1) is 7.47. The summed E-state index contributed by atoms with van der Waals surface area (Å²) in [4.78, 5) is 11.0. The Labute approximate surface area is 88.8 Å². The van der Waals surface area contributed by atoms with Gasteiger partial charge in [0.2, 0.25) is 5.89 Å². The van der Waals surface area contributed by atoms with E-state index in [0.29, 0.717) is 25.7 Å². The molecule has 0 atom stereocenters. The summed E-state index contributed by atoms with van der Waals surface area (Å²) in [5, 5.41) is 6.34. The van der Waals surface area contributed by atoms with E-state index in [1.807, 2.05) is 0 Å². The fourth-order valence-electron chi connectivity index (χ4n) is 1.70. The second kappa shape index (κ2) is 3.88. The van der Waals surface area contributed by atoms with Crippen LogP contribution in [0.5, 0.6) is 0 Å². The lowest BCUT2D eigenvalue weighted by Crippen LogP contribution is -2.12. The molecule has 4 nitrogen and oxygen atoms in total. The molecule has 16 heavy (non-hydrogen) atoms. The zero-order chi connectivity index (χ0) is 11.8. The minimum absolute atomic E-state index is 0.0141. The molecule has 0 aliphatic heterocycles. The Hall–Kier alpha value is -1.40. The number of halogens is 3. The van der Waals surface area contributed by atoms with Crippen LogP contribution in [0, 0.1) is 0 Å². The van der Waals surface area contributed by atoms with Crippen molar-refractivity contribution in [1.29, 1.82) is 0 Å². The first kappa shape index (κ1) is 11.1. The summed E-state index contributed by atoms with van der Waals surface area (Å²) in [6.45, 7) is 0. The third-order valence-electron chi connectivity index (χ3n) is 2.58. The Morgan fingerprint density at radius 3 is 2.31 bits per heavy atom. The highest BCUT2D eigenvalue weighted by Gasteiger charge is 2.39. The predicted molar refractivity (Wildman–Crippen MR) is 45.5 cm³/mol. The standard InChI is InChI=1S/C9H9F3N2O2/c10-9(11,12)8-14-13-7(16-8)5-1-3-6(15)4-2-5/h5H,1-4H2. The maximum Gasteiger partial charge on any atom is 0.470 e. The molecule has 7 heteroatoms. The molecule has 88 valence electrons. The van der Waals surface area contributed by atoms with Crippen molar-refractivity contribution in [2.75, 3.05) is 0 Å². The van der Waals surface area contributed by atoms with Crippen LogP contribution >= 0.6 is 0 Å². The molecule has 0 saturated heterocycles. The van der Waals surface area contributed by atoms with Crippen LogP contribution in [-0.4, -0.2) is 16.0 Å². The van der Waals surface area contributed by atoms with E-state index >= 15 is 0 Å². The van der Waals surface area contributed by atoms with Crippen molar-refractivity contribution < 1.29 is 22.4 Å². The van der Waals surface area contributed by atoms with Crippen LogP contribution in [0.4, 0.5) is 13.2 Å². The van der Waals surface area contributed by atoms with E-state index in [1.54, 1.807) is 0 Å². The summed E-state index contributed by atoms with van der Waals surface area (Å²) in [5.74, 6) is -1.42. The summed E-state index contributed by atoms with van der Waals surface area (Å²) in [6, 6.07) is 0. The highest BCUT2D eigenvalue weighted by atomic mass is 19.4. The van der Waals surface area contributed by atoms with Crippen LogP contribution in [0.2, 0.25) is 0 Å². The number of ketones is 1. The van der Waals surface area contributed by atoms with Gasteiger partial charge in [-0.05, 0) is 12.8 Å². The molecule has 0 bridgehead atoms. The molecule has 2 rings (SSSR count). The molecular weight excluding hydrogens is 225 g/mol. The molecule has 1 aromatic heterocycles. The van der Waals surface area contributed by atoms with Gasteiger partial charge in [-0.2, -0.15) is 13.2 Å². The van der Waals surface area contributed by atoms with Crippen LogP contribution in [0.15, 0.2) is 4.42 Å². The normalized spacial score (nSPS) is 19.1. The summed E-state index contributed by atoms with van der Waals surface area (Å²) < 4.78 is 41.1. The molecule has 0 unspecified atom stereocenters. The average Bonchev–Trinajstić information content (AvgIpc) is 2.67. The van der Waals surface area contributed by atoms with Crippen molar-refractivity contribution in [2.24, 2.45) is 0 Å². The number of nitrogens with zero attached hydrogens (tertiary/aromatic N) is 2. The van der Waals surface area contributed by atoms with Gasteiger partial charge in [0, 0.05) is 18.8 Å². The molecule has 1 aliphatic rings. The van der Waals surface area contributed by atoms with Crippen LogP contribution in [0.25, 0.3) is 0 Å². The minimum Gasteiger partial charge on any atom is -0.417 e. The molecule has 1 aliphatic carbocycles. The van der Waals surface area contributed by atoms with Gasteiger partial charge in [0.25, 0.3) is 0 Å². The monoisotopic (exact) mass is 234 g/mol. The number of Topliss-reactive ketones (excluding diaryl/α,β-unsaturated/α-hetero) is 1. The van der Waals surface area contributed by atoms with Crippen molar-refractivity contribution >= 4 is 5.78 Å². The third-order valence-corrected chi connectivity index (χ3v) is 2.58. The van der Waals surface area contributed by atoms with Crippen molar-refractivity contribution in [3.05, 3.63) is 11.8 Å². The number of rotatable bonds is 1. The average molecular weight is 234 g/mol.